The Morgan fingerprint density at radius 3 is 2.07 bits per heavy atom. The maximum Gasteiger partial charge on any atom is 0.0703 e. The highest BCUT2D eigenvalue weighted by Crippen LogP contribution is 2.12. The van der Waals surface area contributed by atoms with Crippen LogP contribution in [0.3, 0.4) is 0 Å². The first-order valence-corrected chi connectivity index (χ1v) is 5.73. The Balaban J connectivity index is 3.69. The Morgan fingerprint density at radius 2 is 1.71 bits per heavy atom. The van der Waals surface area contributed by atoms with E-state index < -0.39 is 0 Å². The maximum absolute atomic E-state index is 5.91. The second kappa shape index (κ2) is 6.41. The van der Waals surface area contributed by atoms with Crippen LogP contribution in [0, 0.1) is 5.92 Å². The molecule has 1 atom stereocenters. The van der Waals surface area contributed by atoms with Crippen LogP contribution in [0.15, 0.2) is 0 Å². The van der Waals surface area contributed by atoms with E-state index in [1.807, 2.05) is 0 Å². The molecule has 0 amide bonds. The van der Waals surface area contributed by atoms with Crippen LogP contribution in [-0.2, 0) is 4.74 Å². The molecule has 0 aliphatic heterocycles. The Labute approximate surface area is 89.4 Å². The van der Waals surface area contributed by atoms with Crippen LogP contribution in [0.5, 0.6) is 0 Å². The van der Waals surface area contributed by atoms with E-state index in [0.717, 1.165) is 19.5 Å². The third kappa shape index (κ3) is 8.52. The highest BCUT2D eigenvalue weighted by molar-refractivity contribution is 4.67. The quantitative estimate of drug-likeness (QED) is 0.713. The number of hydrogen-bond acceptors (Lipinski definition) is 2. The van der Waals surface area contributed by atoms with Crippen molar-refractivity contribution in [1.29, 1.82) is 0 Å². The molecule has 0 aliphatic carbocycles. The highest BCUT2D eigenvalue weighted by Gasteiger charge is 2.16. The molecule has 0 radical (unpaired) electrons. The van der Waals surface area contributed by atoms with Gasteiger partial charge in [0.15, 0.2) is 0 Å². The van der Waals surface area contributed by atoms with Crippen LogP contribution in [0.1, 0.15) is 48.0 Å². The van der Waals surface area contributed by atoms with Gasteiger partial charge in [-0.2, -0.15) is 0 Å². The smallest absolute Gasteiger partial charge is 0.0703 e. The molecule has 0 bridgehead atoms. The van der Waals surface area contributed by atoms with Gasteiger partial charge in [0, 0.05) is 6.54 Å². The van der Waals surface area contributed by atoms with Crippen LogP contribution in [-0.4, -0.2) is 24.8 Å². The molecule has 0 heterocycles. The average molecular weight is 201 g/mol. The summed E-state index contributed by atoms with van der Waals surface area (Å²) in [5, 5.41) is 3.43. The molecule has 0 aromatic heterocycles. The van der Waals surface area contributed by atoms with Crippen LogP contribution in [0.25, 0.3) is 0 Å². The van der Waals surface area contributed by atoms with Gasteiger partial charge in [-0.25, -0.2) is 0 Å². The van der Waals surface area contributed by atoms with Crippen molar-refractivity contribution in [3.8, 4) is 0 Å². The second-order valence-corrected chi connectivity index (χ2v) is 5.31. The molecule has 0 aliphatic rings. The van der Waals surface area contributed by atoms with Crippen molar-refractivity contribution in [2.45, 2.75) is 59.7 Å². The average Bonchev–Trinajstić information content (AvgIpc) is 1.99. The van der Waals surface area contributed by atoms with E-state index in [0.29, 0.717) is 12.0 Å². The van der Waals surface area contributed by atoms with E-state index >= 15 is 0 Å². The van der Waals surface area contributed by atoms with Gasteiger partial charge in [-0.3, -0.25) is 0 Å². The van der Waals surface area contributed by atoms with Gasteiger partial charge in [0.2, 0.25) is 0 Å². The first-order chi connectivity index (χ1) is 6.35. The number of nitrogens with one attached hydrogen (secondary N) is 1. The lowest BCUT2D eigenvalue weighted by atomic mass is 10.1. The predicted molar refractivity (Wildman–Crippen MR) is 62.6 cm³/mol. The number of ether oxygens (including phenoxy) is 1. The molecule has 2 heteroatoms. The fraction of sp³-hybridized carbons (Fsp3) is 1.00. The Hall–Kier alpha value is -0.0800. The fourth-order valence-corrected chi connectivity index (χ4v) is 1.30. The molecule has 0 aromatic rings. The largest absolute Gasteiger partial charge is 0.371 e. The summed E-state index contributed by atoms with van der Waals surface area (Å²) in [4.78, 5) is 0. The van der Waals surface area contributed by atoms with Gasteiger partial charge in [-0.1, -0.05) is 20.8 Å². The lowest BCUT2D eigenvalue weighted by Crippen LogP contribution is -2.36. The summed E-state index contributed by atoms with van der Waals surface area (Å²) in [5.41, 5.74) is -0.0276. The first-order valence-electron chi connectivity index (χ1n) is 5.73. The monoisotopic (exact) mass is 201 g/mol. The van der Waals surface area contributed by atoms with Crippen molar-refractivity contribution < 1.29 is 4.74 Å². The molecular weight excluding hydrogens is 174 g/mol. The van der Waals surface area contributed by atoms with Crippen LogP contribution < -0.4 is 5.32 Å². The molecule has 2 nitrogen and oxygen atoms in total. The van der Waals surface area contributed by atoms with Crippen molar-refractivity contribution >= 4 is 0 Å². The Kier molecular flexibility index (Phi) is 6.38. The zero-order valence-electron chi connectivity index (χ0n) is 10.7. The minimum absolute atomic E-state index is 0.0276. The molecule has 1 N–H and O–H groups in total. The minimum Gasteiger partial charge on any atom is -0.371 e. The van der Waals surface area contributed by atoms with Crippen LogP contribution >= 0.6 is 0 Å². The summed E-state index contributed by atoms with van der Waals surface area (Å²) in [5.74, 6) is 0.710. The van der Waals surface area contributed by atoms with Gasteiger partial charge in [-0.15, -0.1) is 0 Å². The highest BCUT2D eigenvalue weighted by atomic mass is 16.5. The van der Waals surface area contributed by atoms with E-state index in [1.165, 1.54) is 0 Å². The van der Waals surface area contributed by atoms with Gasteiger partial charge in [0.05, 0.1) is 11.7 Å². The van der Waals surface area contributed by atoms with E-state index in [4.69, 9.17) is 4.74 Å². The topological polar surface area (TPSA) is 21.3 Å². The van der Waals surface area contributed by atoms with Crippen molar-refractivity contribution in [2.24, 2.45) is 5.92 Å². The fourth-order valence-electron chi connectivity index (χ4n) is 1.30. The molecule has 0 fully saturated rings. The SMILES string of the molecule is CCC(CNCC(C)C)OC(C)(C)C. The molecule has 0 saturated heterocycles. The summed E-state index contributed by atoms with van der Waals surface area (Å²) < 4.78 is 5.91. The van der Waals surface area contributed by atoms with Gasteiger partial charge in [0.25, 0.3) is 0 Å². The molecule has 0 aromatic carbocycles. The zero-order chi connectivity index (χ0) is 11.2. The summed E-state index contributed by atoms with van der Waals surface area (Å²) in [6.07, 6.45) is 1.41. The maximum atomic E-state index is 5.91. The van der Waals surface area contributed by atoms with Crippen LogP contribution in [0.2, 0.25) is 0 Å². The normalized spacial score (nSPS) is 14.8. The number of rotatable bonds is 6. The van der Waals surface area contributed by atoms with Crippen molar-refractivity contribution in [3.05, 3.63) is 0 Å². The summed E-state index contributed by atoms with van der Waals surface area (Å²) in [6.45, 7) is 15.0. The number of hydrogen-bond donors (Lipinski definition) is 1. The summed E-state index contributed by atoms with van der Waals surface area (Å²) in [7, 11) is 0. The summed E-state index contributed by atoms with van der Waals surface area (Å²) in [6, 6.07) is 0. The molecule has 14 heavy (non-hydrogen) atoms. The standard InChI is InChI=1S/C12H27NO/c1-7-11(14-12(4,5)6)9-13-8-10(2)3/h10-11,13H,7-9H2,1-6H3. The van der Waals surface area contributed by atoms with Crippen molar-refractivity contribution in [3.63, 3.8) is 0 Å². The second-order valence-electron chi connectivity index (χ2n) is 5.31. The first kappa shape index (κ1) is 13.9. The molecule has 0 saturated carbocycles. The minimum atomic E-state index is -0.0276. The molecule has 0 rings (SSSR count). The van der Waals surface area contributed by atoms with Crippen molar-refractivity contribution in [1.82, 2.24) is 5.32 Å². The summed E-state index contributed by atoms with van der Waals surface area (Å²) >= 11 is 0. The van der Waals surface area contributed by atoms with E-state index in [2.05, 4.69) is 46.9 Å². The zero-order valence-corrected chi connectivity index (χ0v) is 10.7. The lowest BCUT2D eigenvalue weighted by molar-refractivity contribution is -0.0597. The van der Waals surface area contributed by atoms with Gasteiger partial charge in [0.1, 0.15) is 0 Å². The van der Waals surface area contributed by atoms with Crippen LogP contribution in [0.4, 0.5) is 0 Å². The molecule has 86 valence electrons. The van der Waals surface area contributed by atoms with Crippen molar-refractivity contribution in [2.75, 3.05) is 13.1 Å². The molecule has 1 unspecified atom stereocenters. The predicted octanol–water partition coefficient (Wildman–Crippen LogP) is 2.83. The van der Waals surface area contributed by atoms with Gasteiger partial charge >= 0.3 is 0 Å². The Morgan fingerprint density at radius 1 is 1.14 bits per heavy atom. The lowest BCUT2D eigenvalue weighted by Gasteiger charge is -2.27. The third-order valence-electron chi connectivity index (χ3n) is 1.90. The van der Waals surface area contributed by atoms with E-state index in [9.17, 15) is 0 Å². The van der Waals surface area contributed by atoms with Gasteiger partial charge in [-0.05, 0) is 39.7 Å². The molecule has 0 spiro atoms. The Bertz CT molecular complexity index is 138. The molecular formula is C12H27NO. The van der Waals surface area contributed by atoms with E-state index in [1.54, 1.807) is 0 Å². The van der Waals surface area contributed by atoms with Gasteiger partial charge < -0.3 is 10.1 Å². The third-order valence-corrected chi connectivity index (χ3v) is 1.90. The van der Waals surface area contributed by atoms with E-state index in [-0.39, 0.29) is 5.60 Å².